The molecule has 0 saturated carbocycles. The third kappa shape index (κ3) is 4.15. The Labute approximate surface area is 158 Å². The molecule has 1 atom stereocenters. The van der Waals surface area contributed by atoms with Gasteiger partial charge in [-0.15, -0.1) is 0 Å². The van der Waals surface area contributed by atoms with Crippen LogP contribution in [0.25, 0.3) is 0 Å². The van der Waals surface area contributed by atoms with Crippen molar-refractivity contribution in [1.29, 1.82) is 0 Å². The number of anilines is 2. The molecule has 3 rings (SSSR count). The van der Waals surface area contributed by atoms with Gasteiger partial charge in [0.05, 0.1) is 11.6 Å². The molecule has 10 heteroatoms. The standard InChI is InChI=1S/C18H18F4N4O2/c1-10(2)14-9-28-17(27)26(14)15-5-6-23-16(25-15)24-8-11-3-4-12(7-13(11)19)18(20,21)22/h3-7,10,14H,8-9H2,1-2H3,(H,23,24,25). The van der Waals surface area contributed by atoms with Gasteiger partial charge in [-0.1, -0.05) is 19.9 Å². The van der Waals surface area contributed by atoms with Crippen molar-refractivity contribution in [1.82, 2.24) is 9.97 Å². The molecular weight excluding hydrogens is 380 g/mol. The van der Waals surface area contributed by atoms with Crippen LogP contribution < -0.4 is 10.2 Å². The number of amides is 1. The number of hydrogen-bond donors (Lipinski definition) is 1. The SMILES string of the molecule is CC(C)C1COC(=O)N1c1ccnc(NCc2ccc(C(F)(F)F)cc2F)n1. The van der Waals surface area contributed by atoms with Crippen LogP contribution in [0.5, 0.6) is 0 Å². The first-order valence-electron chi connectivity index (χ1n) is 8.55. The fourth-order valence-corrected chi connectivity index (χ4v) is 2.80. The number of cyclic esters (lactones) is 1. The Balaban J connectivity index is 1.74. The van der Waals surface area contributed by atoms with Gasteiger partial charge in [0.2, 0.25) is 5.95 Å². The van der Waals surface area contributed by atoms with E-state index in [1.54, 1.807) is 6.07 Å². The molecule has 6 nitrogen and oxygen atoms in total. The predicted octanol–water partition coefficient (Wildman–Crippen LogP) is 4.23. The lowest BCUT2D eigenvalue weighted by Crippen LogP contribution is -2.37. The molecule has 1 unspecified atom stereocenters. The summed E-state index contributed by atoms with van der Waals surface area (Å²) in [6, 6.07) is 3.68. The van der Waals surface area contributed by atoms with Crippen molar-refractivity contribution in [3.8, 4) is 0 Å². The van der Waals surface area contributed by atoms with Crippen molar-refractivity contribution < 1.29 is 27.1 Å². The van der Waals surface area contributed by atoms with Crippen LogP contribution in [0.1, 0.15) is 25.0 Å². The molecule has 1 amide bonds. The second kappa shape index (κ2) is 7.61. The van der Waals surface area contributed by atoms with Crippen LogP contribution in [0.15, 0.2) is 30.5 Å². The van der Waals surface area contributed by atoms with Crippen LogP contribution >= 0.6 is 0 Å². The van der Waals surface area contributed by atoms with Crippen LogP contribution in [-0.2, 0) is 17.5 Å². The lowest BCUT2D eigenvalue weighted by molar-refractivity contribution is -0.137. The third-order valence-electron chi connectivity index (χ3n) is 4.38. The largest absolute Gasteiger partial charge is 0.447 e. The van der Waals surface area contributed by atoms with E-state index < -0.39 is 23.7 Å². The Morgan fingerprint density at radius 1 is 1.32 bits per heavy atom. The highest BCUT2D eigenvalue weighted by Gasteiger charge is 2.37. The molecule has 0 radical (unpaired) electrons. The Morgan fingerprint density at radius 3 is 2.71 bits per heavy atom. The van der Waals surface area contributed by atoms with Gasteiger partial charge >= 0.3 is 12.3 Å². The van der Waals surface area contributed by atoms with Gasteiger partial charge < -0.3 is 10.1 Å². The number of ether oxygens (including phenoxy) is 1. The average molecular weight is 398 g/mol. The molecule has 1 aromatic carbocycles. The summed E-state index contributed by atoms with van der Waals surface area (Å²) in [5, 5.41) is 2.76. The maximum absolute atomic E-state index is 13.9. The minimum atomic E-state index is -4.61. The highest BCUT2D eigenvalue weighted by Crippen LogP contribution is 2.30. The molecule has 0 bridgehead atoms. The summed E-state index contributed by atoms with van der Waals surface area (Å²) in [5.74, 6) is -0.411. The molecule has 1 aromatic heterocycles. The molecule has 1 aliphatic rings. The van der Waals surface area contributed by atoms with Crippen molar-refractivity contribution in [2.45, 2.75) is 32.6 Å². The Hall–Kier alpha value is -2.91. The van der Waals surface area contributed by atoms with Gasteiger partial charge in [0.15, 0.2) is 0 Å². The van der Waals surface area contributed by atoms with Crippen molar-refractivity contribution in [3.63, 3.8) is 0 Å². The van der Waals surface area contributed by atoms with Gasteiger partial charge in [-0.25, -0.2) is 14.2 Å². The first kappa shape index (κ1) is 19.8. The van der Waals surface area contributed by atoms with Gasteiger partial charge in [0, 0.05) is 18.3 Å². The van der Waals surface area contributed by atoms with Crippen LogP contribution in [0.3, 0.4) is 0 Å². The highest BCUT2D eigenvalue weighted by atomic mass is 19.4. The number of carbonyl (C=O) groups excluding carboxylic acids is 1. The number of nitrogens with zero attached hydrogens (tertiary/aromatic N) is 3. The smallest absolute Gasteiger partial charge is 0.416 e. The summed E-state index contributed by atoms with van der Waals surface area (Å²) in [5.41, 5.74) is -1.03. The number of benzene rings is 1. The minimum absolute atomic E-state index is 0.0302. The Morgan fingerprint density at radius 2 is 2.07 bits per heavy atom. The second-order valence-corrected chi connectivity index (χ2v) is 6.65. The molecule has 2 aromatic rings. The monoisotopic (exact) mass is 398 g/mol. The maximum atomic E-state index is 13.9. The number of aromatic nitrogens is 2. The van der Waals surface area contributed by atoms with Crippen molar-refractivity contribution in [2.75, 3.05) is 16.8 Å². The lowest BCUT2D eigenvalue weighted by Gasteiger charge is -2.23. The maximum Gasteiger partial charge on any atom is 0.416 e. The molecule has 150 valence electrons. The van der Waals surface area contributed by atoms with Gasteiger partial charge in [-0.3, -0.25) is 4.90 Å². The van der Waals surface area contributed by atoms with E-state index in [2.05, 4.69) is 15.3 Å². The molecule has 1 aliphatic heterocycles. The first-order chi connectivity index (χ1) is 13.2. The first-order valence-corrected chi connectivity index (χ1v) is 8.55. The number of halogens is 4. The van der Waals surface area contributed by atoms with Crippen LogP contribution in [0.2, 0.25) is 0 Å². The van der Waals surface area contributed by atoms with E-state index in [9.17, 15) is 22.4 Å². The lowest BCUT2D eigenvalue weighted by atomic mass is 10.0. The van der Waals surface area contributed by atoms with Crippen molar-refractivity contribution in [2.24, 2.45) is 5.92 Å². The van der Waals surface area contributed by atoms with Gasteiger partial charge in [0.25, 0.3) is 0 Å². The Bertz CT molecular complexity index is 873. The molecule has 2 heterocycles. The van der Waals surface area contributed by atoms with E-state index in [1.807, 2.05) is 13.8 Å². The van der Waals surface area contributed by atoms with Crippen molar-refractivity contribution >= 4 is 17.9 Å². The van der Waals surface area contributed by atoms with E-state index in [1.165, 1.54) is 11.1 Å². The van der Waals surface area contributed by atoms with E-state index >= 15 is 0 Å². The minimum Gasteiger partial charge on any atom is -0.447 e. The molecule has 0 spiro atoms. The van der Waals surface area contributed by atoms with E-state index in [0.29, 0.717) is 11.9 Å². The van der Waals surface area contributed by atoms with Gasteiger partial charge in [-0.05, 0) is 24.1 Å². The average Bonchev–Trinajstić information content (AvgIpc) is 3.02. The molecular formula is C18H18F4N4O2. The van der Waals surface area contributed by atoms with Crippen LogP contribution in [-0.4, -0.2) is 28.7 Å². The van der Waals surface area contributed by atoms with E-state index in [4.69, 9.17) is 4.74 Å². The molecule has 28 heavy (non-hydrogen) atoms. The van der Waals surface area contributed by atoms with E-state index in [0.717, 1.165) is 12.1 Å². The fraction of sp³-hybridized carbons (Fsp3) is 0.389. The van der Waals surface area contributed by atoms with Gasteiger partial charge in [0.1, 0.15) is 18.2 Å². The Kier molecular flexibility index (Phi) is 5.39. The number of nitrogens with one attached hydrogen (secondary N) is 1. The topological polar surface area (TPSA) is 67.3 Å². The van der Waals surface area contributed by atoms with E-state index in [-0.39, 0.29) is 36.6 Å². The zero-order chi connectivity index (χ0) is 20.5. The molecule has 0 aliphatic carbocycles. The number of hydrogen-bond acceptors (Lipinski definition) is 5. The number of alkyl halides is 3. The fourth-order valence-electron chi connectivity index (χ4n) is 2.80. The summed E-state index contributed by atoms with van der Waals surface area (Å²) < 4.78 is 56.9. The highest BCUT2D eigenvalue weighted by molar-refractivity contribution is 5.89. The normalized spacial score (nSPS) is 17.2. The second-order valence-electron chi connectivity index (χ2n) is 6.65. The third-order valence-corrected chi connectivity index (χ3v) is 4.38. The summed E-state index contributed by atoms with van der Waals surface area (Å²) in [6.07, 6.45) is -3.70. The molecule has 1 fully saturated rings. The molecule has 1 N–H and O–H groups in total. The summed E-state index contributed by atoms with van der Waals surface area (Å²) in [7, 11) is 0. The van der Waals surface area contributed by atoms with Crippen LogP contribution in [0.4, 0.5) is 34.1 Å². The summed E-state index contributed by atoms with van der Waals surface area (Å²) >= 11 is 0. The predicted molar refractivity (Wildman–Crippen MR) is 93.2 cm³/mol. The molecule has 1 saturated heterocycles. The quantitative estimate of drug-likeness (QED) is 0.764. The summed E-state index contributed by atoms with van der Waals surface area (Å²) in [6.45, 7) is 4.03. The summed E-state index contributed by atoms with van der Waals surface area (Å²) in [4.78, 5) is 21.7. The van der Waals surface area contributed by atoms with Crippen LogP contribution in [0, 0.1) is 11.7 Å². The zero-order valence-corrected chi connectivity index (χ0v) is 15.1. The van der Waals surface area contributed by atoms with Crippen molar-refractivity contribution in [3.05, 3.63) is 47.4 Å². The number of rotatable bonds is 5. The number of carbonyl (C=O) groups is 1. The zero-order valence-electron chi connectivity index (χ0n) is 15.1. The van der Waals surface area contributed by atoms with Gasteiger partial charge in [-0.2, -0.15) is 18.2 Å².